The van der Waals surface area contributed by atoms with Gasteiger partial charge in [-0.25, -0.2) is 4.79 Å². The van der Waals surface area contributed by atoms with Crippen LogP contribution in [0.5, 0.6) is 0 Å². The van der Waals surface area contributed by atoms with E-state index in [0.717, 1.165) is 10.7 Å². The Kier molecular flexibility index (Phi) is 6.16. The minimum absolute atomic E-state index is 0.0201. The molecule has 162 valence electrons. The fourth-order valence-corrected chi connectivity index (χ4v) is 3.79. The third-order valence-corrected chi connectivity index (χ3v) is 5.44. The molecule has 1 aliphatic heterocycles. The largest absolute Gasteiger partial charge is 0.416 e. The van der Waals surface area contributed by atoms with Crippen LogP contribution in [0, 0.1) is 0 Å². The van der Waals surface area contributed by atoms with Crippen LogP contribution < -0.4 is 5.73 Å². The van der Waals surface area contributed by atoms with Gasteiger partial charge in [0.2, 0.25) is 0 Å². The number of halogens is 3. The van der Waals surface area contributed by atoms with E-state index >= 15 is 0 Å². The van der Waals surface area contributed by atoms with E-state index in [1.807, 2.05) is 18.9 Å². The Morgan fingerprint density at radius 2 is 2.03 bits per heavy atom. The number of likely N-dealkylation sites (tertiary alicyclic amines) is 1. The molecule has 3 rings (SSSR count). The number of hydrogen-bond donors (Lipinski definition) is 1. The van der Waals surface area contributed by atoms with E-state index in [9.17, 15) is 22.8 Å². The van der Waals surface area contributed by atoms with Gasteiger partial charge in [0.1, 0.15) is 0 Å². The number of amides is 2. The van der Waals surface area contributed by atoms with Crippen molar-refractivity contribution >= 4 is 11.9 Å². The van der Waals surface area contributed by atoms with Crippen molar-refractivity contribution in [2.45, 2.75) is 44.6 Å². The number of carbonyl (C=O) groups excluding carboxylic acids is 2. The summed E-state index contributed by atoms with van der Waals surface area (Å²) in [4.78, 5) is 27.6. The van der Waals surface area contributed by atoms with E-state index in [1.165, 1.54) is 24.4 Å². The van der Waals surface area contributed by atoms with E-state index in [-0.39, 0.29) is 23.8 Å². The van der Waals surface area contributed by atoms with Gasteiger partial charge in [-0.15, -0.1) is 0 Å². The lowest BCUT2D eigenvalue weighted by Crippen LogP contribution is -2.51. The van der Waals surface area contributed by atoms with E-state index in [2.05, 4.69) is 5.10 Å². The molecule has 0 spiro atoms. The van der Waals surface area contributed by atoms with Crippen LogP contribution in [0.4, 0.5) is 18.0 Å². The van der Waals surface area contributed by atoms with E-state index in [1.54, 1.807) is 11.0 Å². The quantitative estimate of drug-likeness (QED) is 0.820. The molecular weight excluding hydrogens is 399 g/mol. The van der Waals surface area contributed by atoms with Crippen LogP contribution in [0.25, 0.3) is 0 Å². The summed E-state index contributed by atoms with van der Waals surface area (Å²) in [6.07, 6.45) is -1.61. The minimum atomic E-state index is -4.37. The van der Waals surface area contributed by atoms with Crippen LogP contribution in [0.2, 0.25) is 0 Å². The first-order chi connectivity index (χ1) is 14.1. The van der Waals surface area contributed by atoms with Gasteiger partial charge in [-0.1, -0.05) is 18.2 Å². The number of hydrogen-bond acceptors (Lipinski definition) is 4. The van der Waals surface area contributed by atoms with Gasteiger partial charge in [0.25, 0.3) is 5.91 Å². The Morgan fingerprint density at radius 1 is 1.30 bits per heavy atom. The molecule has 0 radical (unpaired) electrons. The van der Waals surface area contributed by atoms with Crippen molar-refractivity contribution in [2.24, 2.45) is 5.73 Å². The number of aromatic nitrogens is 2. The molecule has 1 aromatic carbocycles. The lowest BCUT2D eigenvalue weighted by molar-refractivity contribution is -0.137. The summed E-state index contributed by atoms with van der Waals surface area (Å²) in [6.45, 7) is 2.78. The van der Waals surface area contributed by atoms with Crippen LogP contribution in [0.1, 0.15) is 41.4 Å². The number of carbonyl (C=O) groups is 2. The van der Waals surface area contributed by atoms with Crippen LogP contribution >= 0.6 is 0 Å². The van der Waals surface area contributed by atoms with Crippen LogP contribution in [0.15, 0.2) is 36.5 Å². The summed E-state index contributed by atoms with van der Waals surface area (Å²) in [6, 6.07) is 6.41. The van der Waals surface area contributed by atoms with Gasteiger partial charge >= 0.3 is 12.2 Å². The number of rotatable bonds is 4. The zero-order valence-electron chi connectivity index (χ0n) is 16.8. The monoisotopic (exact) mass is 423 g/mol. The third-order valence-electron chi connectivity index (χ3n) is 5.44. The molecule has 2 amide bonds. The maximum Gasteiger partial charge on any atom is 0.416 e. The lowest BCUT2D eigenvalue weighted by atomic mass is 9.97. The normalized spacial score (nSPS) is 19.9. The van der Waals surface area contributed by atoms with Crippen LogP contribution in [-0.4, -0.2) is 57.2 Å². The second kappa shape index (κ2) is 8.47. The molecule has 1 fully saturated rings. The smallest absolute Gasteiger partial charge is 0.364 e. The van der Waals surface area contributed by atoms with Crippen molar-refractivity contribution in [1.29, 1.82) is 0 Å². The van der Waals surface area contributed by atoms with Gasteiger partial charge in [0.05, 0.1) is 5.56 Å². The lowest BCUT2D eigenvalue weighted by Gasteiger charge is -2.40. The molecular formula is C20H24F3N5O2. The van der Waals surface area contributed by atoms with Gasteiger partial charge in [-0.2, -0.15) is 23.0 Å². The van der Waals surface area contributed by atoms with Gasteiger partial charge in [-0.05, 0) is 44.5 Å². The molecule has 30 heavy (non-hydrogen) atoms. The van der Waals surface area contributed by atoms with E-state index < -0.39 is 17.6 Å². The van der Waals surface area contributed by atoms with Crippen molar-refractivity contribution in [3.05, 3.63) is 53.3 Å². The summed E-state index contributed by atoms with van der Waals surface area (Å²) >= 11 is 0. The molecule has 10 heteroatoms. The molecule has 0 aliphatic carbocycles. The summed E-state index contributed by atoms with van der Waals surface area (Å²) in [5.41, 5.74) is 5.13. The molecule has 2 aromatic rings. The predicted octanol–water partition coefficient (Wildman–Crippen LogP) is 2.95. The van der Waals surface area contributed by atoms with Crippen LogP contribution in [0.3, 0.4) is 0 Å². The van der Waals surface area contributed by atoms with Gasteiger partial charge in [-0.3, -0.25) is 9.69 Å². The molecule has 0 unspecified atom stereocenters. The van der Waals surface area contributed by atoms with Crippen molar-refractivity contribution in [3.63, 3.8) is 0 Å². The first kappa shape index (κ1) is 21.8. The number of benzene rings is 1. The molecule has 2 N–H and O–H groups in total. The zero-order valence-corrected chi connectivity index (χ0v) is 16.8. The van der Waals surface area contributed by atoms with Gasteiger partial charge in [0.15, 0.2) is 5.69 Å². The van der Waals surface area contributed by atoms with Crippen molar-refractivity contribution in [2.75, 3.05) is 13.6 Å². The molecule has 1 saturated heterocycles. The highest BCUT2D eigenvalue weighted by atomic mass is 19.4. The second-order valence-electron chi connectivity index (χ2n) is 7.63. The Balaban J connectivity index is 1.62. The fourth-order valence-electron chi connectivity index (χ4n) is 3.79. The van der Waals surface area contributed by atoms with Gasteiger partial charge in [0, 0.05) is 31.4 Å². The van der Waals surface area contributed by atoms with E-state index in [4.69, 9.17) is 5.73 Å². The fraction of sp³-hybridized carbons (Fsp3) is 0.450. The molecule has 2 heterocycles. The number of primary amides is 1. The summed E-state index contributed by atoms with van der Waals surface area (Å²) in [5.74, 6) is -0.704. The molecule has 1 aliphatic rings. The number of piperidine rings is 1. The SMILES string of the molecule is C[C@H]1C[C@@H](N(C)Cc2cccc(C(F)(F)F)c2)CCN1C(=O)n1ccc(C(N)=O)n1. The Labute approximate surface area is 172 Å². The second-order valence-corrected chi connectivity index (χ2v) is 7.63. The first-order valence-corrected chi connectivity index (χ1v) is 9.59. The minimum Gasteiger partial charge on any atom is -0.364 e. The highest BCUT2D eigenvalue weighted by molar-refractivity contribution is 5.91. The maximum atomic E-state index is 12.9. The standard InChI is InChI=1S/C20H24F3N5O2/c1-13-10-16(26(2)12-14-4-3-5-15(11-14)20(21,22)23)6-8-27(13)19(30)28-9-7-17(25-28)18(24)29/h3-5,7,9,11,13,16H,6,8,10,12H2,1-2H3,(H2,24,29)/t13-,16-/m0/s1. The molecule has 1 aromatic heterocycles. The summed E-state index contributed by atoms with van der Waals surface area (Å²) in [5, 5.41) is 3.91. The average Bonchev–Trinajstić information content (AvgIpc) is 3.17. The Hall–Kier alpha value is -2.88. The topological polar surface area (TPSA) is 84.5 Å². The number of nitrogens with zero attached hydrogens (tertiary/aromatic N) is 4. The Morgan fingerprint density at radius 3 is 2.63 bits per heavy atom. The summed E-state index contributed by atoms with van der Waals surface area (Å²) < 4.78 is 39.9. The average molecular weight is 423 g/mol. The van der Waals surface area contributed by atoms with Crippen LogP contribution in [-0.2, 0) is 12.7 Å². The van der Waals surface area contributed by atoms with Crippen molar-refractivity contribution in [3.8, 4) is 0 Å². The number of alkyl halides is 3. The first-order valence-electron chi connectivity index (χ1n) is 9.59. The van der Waals surface area contributed by atoms with Gasteiger partial charge < -0.3 is 10.6 Å². The van der Waals surface area contributed by atoms with Crippen molar-refractivity contribution < 1.29 is 22.8 Å². The van der Waals surface area contributed by atoms with Crippen molar-refractivity contribution in [1.82, 2.24) is 19.6 Å². The summed E-state index contributed by atoms with van der Waals surface area (Å²) in [7, 11) is 1.88. The molecule has 7 nitrogen and oxygen atoms in total. The molecule has 2 atom stereocenters. The van der Waals surface area contributed by atoms with E-state index in [0.29, 0.717) is 31.5 Å². The maximum absolute atomic E-state index is 12.9. The molecule has 0 bridgehead atoms. The number of nitrogens with two attached hydrogens (primary N) is 1. The predicted molar refractivity (Wildman–Crippen MR) is 104 cm³/mol. The highest BCUT2D eigenvalue weighted by Gasteiger charge is 2.33. The third kappa shape index (κ3) is 4.81. The Bertz CT molecular complexity index is 927. The zero-order chi connectivity index (χ0) is 22.1. The molecule has 0 saturated carbocycles. The highest BCUT2D eigenvalue weighted by Crippen LogP contribution is 2.30.